The van der Waals surface area contributed by atoms with Crippen molar-refractivity contribution in [2.75, 3.05) is 38.0 Å². The van der Waals surface area contributed by atoms with E-state index < -0.39 is 0 Å². The topological polar surface area (TPSA) is 77.4 Å². The SMILES string of the molecule is S=c1[nH]nc(-c2ccc(N3CCOCC3)nc2)n1-c1ccc2c(c1)OCO2. The van der Waals surface area contributed by atoms with Crippen LogP contribution in [0.1, 0.15) is 0 Å². The van der Waals surface area contributed by atoms with Crippen molar-refractivity contribution in [3.63, 3.8) is 0 Å². The maximum absolute atomic E-state index is 5.48. The molecule has 1 N–H and O–H groups in total. The number of hydrogen-bond donors (Lipinski definition) is 1. The number of hydrogen-bond acceptors (Lipinski definition) is 7. The molecular weight excluding hydrogens is 366 g/mol. The third-order valence-electron chi connectivity index (χ3n) is 4.63. The lowest BCUT2D eigenvalue weighted by molar-refractivity contribution is 0.122. The molecule has 0 unspecified atom stereocenters. The summed E-state index contributed by atoms with van der Waals surface area (Å²) in [6.45, 7) is 3.39. The van der Waals surface area contributed by atoms with E-state index in [4.69, 9.17) is 26.4 Å². The van der Waals surface area contributed by atoms with Gasteiger partial charge in [-0.15, -0.1) is 0 Å². The van der Waals surface area contributed by atoms with Crippen LogP contribution >= 0.6 is 12.2 Å². The molecule has 0 spiro atoms. The number of pyridine rings is 1. The van der Waals surface area contributed by atoms with E-state index in [9.17, 15) is 0 Å². The number of benzene rings is 1. The van der Waals surface area contributed by atoms with Crippen molar-refractivity contribution in [3.8, 4) is 28.6 Å². The van der Waals surface area contributed by atoms with Crippen LogP contribution in [0.4, 0.5) is 5.82 Å². The highest BCUT2D eigenvalue weighted by Crippen LogP contribution is 2.34. The fourth-order valence-electron chi connectivity index (χ4n) is 3.25. The van der Waals surface area contributed by atoms with Gasteiger partial charge in [0.1, 0.15) is 5.82 Å². The minimum absolute atomic E-state index is 0.231. The van der Waals surface area contributed by atoms with Crippen molar-refractivity contribution in [3.05, 3.63) is 41.3 Å². The summed E-state index contributed by atoms with van der Waals surface area (Å²) in [5, 5.41) is 7.27. The highest BCUT2D eigenvalue weighted by molar-refractivity contribution is 7.71. The van der Waals surface area contributed by atoms with E-state index in [-0.39, 0.29) is 6.79 Å². The van der Waals surface area contributed by atoms with Gasteiger partial charge in [-0.3, -0.25) is 9.67 Å². The Morgan fingerprint density at radius 3 is 2.70 bits per heavy atom. The lowest BCUT2D eigenvalue weighted by Crippen LogP contribution is -2.36. The van der Waals surface area contributed by atoms with Crippen LogP contribution in [0, 0.1) is 4.77 Å². The van der Waals surface area contributed by atoms with Gasteiger partial charge >= 0.3 is 0 Å². The number of anilines is 1. The molecule has 0 atom stereocenters. The third-order valence-corrected chi connectivity index (χ3v) is 4.90. The van der Waals surface area contributed by atoms with Crippen LogP contribution in [0.15, 0.2) is 36.5 Å². The van der Waals surface area contributed by atoms with E-state index in [0.717, 1.165) is 49.1 Å². The second-order valence-corrected chi connectivity index (χ2v) is 6.62. The van der Waals surface area contributed by atoms with E-state index in [2.05, 4.69) is 20.1 Å². The quantitative estimate of drug-likeness (QED) is 0.697. The number of aromatic amines is 1. The van der Waals surface area contributed by atoms with Gasteiger partial charge in [0.05, 0.1) is 18.9 Å². The molecule has 2 aliphatic heterocycles. The summed E-state index contributed by atoms with van der Waals surface area (Å²) in [6.07, 6.45) is 1.82. The largest absolute Gasteiger partial charge is 0.454 e. The van der Waals surface area contributed by atoms with Crippen molar-refractivity contribution in [1.82, 2.24) is 19.7 Å². The Labute approximate surface area is 160 Å². The molecule has 4 heterocycles. The molecule has 5 rings (SSSR count). The number of morpholine rings is 1. The van der Waals surface area contributed by atoms with Gasteiger partial charge in [0.2, 0.25) is 6.79 Å². The Kier molecular flexibility index (Phi) is 4.02. The first-order valence-electron chi connectivity index (χ1n) is 8.66. The van der Waals surface area contributed by atoms with Crippen molar-refractivity contribution in [2.24, 2.45) is 0 Å². The van der Waals surface area contributed by atoms with Crippen molar-refractivity contribution in [1.29, 1.82) is 0 Å². The van der Waals surface area contributed by atoms with Crippen molar-refractivity contribution in [2.45, 2.75) is 0 Å². The van der Waals surface area contributed by atoms with Crippen LogP contribution in [0.5, 0.6) is 11.5 Å². The number of nitrogens with one attached hydrogen (secondary N) is 1. The van der Waals surface area contributed by atoms with Crippen LogP contribution in [-0.2, 0) is 4.74 Å². The van der Waals surface area contributed by atoms with Gasteiger partial charge in [-0.2, -0.15) is 5.10 Å². The Morgan fingerprint density at radius 2 is 1.89 bits per heavy atom. The smallest absolute Gasteiger partial charge is 0.231 e. The number of aromatic nitrogens is 4. The summed E-state index contributed by atoms with van der Waals surface area (Å²) >= 11 is 5.44. The third kappa shape index (κ3) is 2.94. The zero-order valence-electron chi connectivity index (χ0n) is 14.4. The summed E-state index contributed by atoms with van der Waals surface area (Å²) in [5.74, 6) is 3.06. The fourth-order valence-corrected chi connectivity index (χ4v) is 3.49. The van der Waals surface area contributed by atoms with E-state index in [1.54, 1.807) is 0 Å². The molecule has 3 aromatic rings. The Morgan fingerprint density at radius 1 is 1.04 bits per heavy atom. The van der Waals surface area contributed by atoms with Gasteiger partial charge in [-0.1, -0.05) is 0 Å². The molecule has 1 saturated heterocycles. The minimum Gasteiger partial charge on any atom is -0.454 e. The monoisotopic (exact) mass is 383 g/mol. The molecule has 138 valence electrons. The standard InChI is InChI=1S/C18H17N5O3S/c27-18-21-20-17(23(18)13-2-3-14-15(9-13)26-11-25-14)12-1-4-16(19-10-12)22-5-7-24-8-6-22/h1-4,9-10H,5-8,11H2,(H,21,27). The number of fused-ring (bicyclic) bond motifs is 1. The number of rotatable bonds is 3. The molecule has 0 amide bonds. The minimum atomic E-state index is 0.231. The maximum atomic E-state index is 5.48. The molecule has 2 aromatic heterocycles. The van der Waals surface area contributed by atoms with Gasteiger partial charge in [-0.25, -0.2) is 4.98 Å². The maximum Gasteiger partial charge on any atom is 0.231 e. The summed E-state index contributed by atoms with van der Waals surface area (Å²) in [4.78, 5) is 6.82. The van der Waals surface area contributed by atoms with Crippen LogP contribution in [0.3, 0.4) is 0 Å². The summed E-state index contributed by atoms with van der Waals surface area (Å²) in [5.41, 5.74) is 1.72. The second kappa shape index (κ2) is 6.67. The average Bonchev–Trinajstić information content (AvgIpc) is 3.34. The summed E-state index contributed by atoms with van der Waals surface area (Å²) < 4.78 is 18.6. The van der Waals surface area contributed by atoms with E-state index in [1.165, 1.54) is 0 Å². The normalized spacial score (nSPS) is 15.9. The molecule has 0 radical (unpaired) electrons. The molecular formula is C18H17N5O3S. The molecule has 1 aromatic carbocycles. The highest BCUT2D eigenvalue weighted by Gasteiger charge is 2.18. The molecule has 9 heteroatoms. The van der Waals surface area contributed by atoms with Crippen LogP contribution in [-0.4, -0.2) is 52.8 Å². The van der Waals surface area contributed by atoms with Crippen molar-refractivity contribution < 1.29 is 14.2 Å². The van der Waals surface area contributed by atoms with Gasteiger partial charge in [0.25, 0.3) is 0 Å². The summed E-state index contributed by atoms with van der Waals surface area (Å²) in [6, 6.07) is 9.70. The van der Waals surface area contributed by atoms with Gasteiger partial charge in [0.15, 0.2) is 22.1 Å². The van der Waals surface area contributed by atoms with Gasteiger partial charge < -0.3 is 19.1 Å². The Bertz CT molecular complexity index is 1020. The van der Waals surface area contributed by atoms with E-state index >= 15 is 0 Å². The Balaban J connectivity index is 1.50. The molecule has 0 bridgehead atoms. The zero-order chi connectivity index (χ0) is 18.2. The Hall–Kier alpha value is -2.91. The first kappa shape index (κ1) is 16.3. The lowest BCUT2D eigenvalue weighted by Gasteiger charge is -2.27. The van der Waals surface area contributed by atoms with Gasteiger partial charge in [0, 0.05) is 30.9 Å². The number of nitrogens with zero attached hydrogens (tertiary/aromatic N) is 4. The first-order valence-corrected chi connectivity index (χ1v) is 9.07. The lowest BCUT2D eigenvalue weighted by atomic mass is 10.2. The molecule has 2 aliphatic rings. The van der Waals surface area contributed by atoms with E-state index in [0.29, 0.717) is 16.3 Å². The molecule has 1 fully saturated rings. The highest BCUT2D eigenvalue weighted by atomic mass is 32.1. The predicted molar refractivity (Wildman–Crippen MR) is 101 cm³/mol. The van der Waals surface area contributed by atoms with Crippen LogP contribution < -0.4 is 14.4 Å². The fraction of sp³-hybridized carbons (Fsp3) is 0.278. The van der Waals surface area contributed by atoms with Crippen molar-refractivity contribution >= 4 is 18.0 Å². The summed E-state index contributed by atoms with van der Waals surface area (Å²) in [7, 11) is 0. The zero-order valence-corrected chi connectivity index (χ0v) is 15.2. The number of H-pyrrole nitrogens is 1. The molecule has 27 heavy (non-hydrogen) atoms. The molecule has 8 nitrogen and oxygen atoms in total. The molecule has 0 aliphatic carbocycles. The van der Waals surface area contributed by atoms with Crippen LogP contribution in [0.25, 0.3) is 17.1 Å². The van der Waals surface area contributed by atoms with Crippen LogP contribution in [0.2, 0.25) is 0 Å². The predicted octanol–water partition coefficient (Wildman–Crippen LogP) is 2.56. The molecule has 0 saturated carbocycles. The van der Waals surface area contributed by atoms with Gasteiger partial charge in [-0.05, 0) is 36.5 Å². The first-order chi connectivity index (χ1) is 13.3. The second-order valence-electron chi connectivity index (χ2n) is 6.23. The average molecular weight is 383 g/mol. The van der Waals surface area contributed by atoms with E-state index in [1.807, 2.05) is 41.1 Å². The number of ether oxygens (including phenoxy) is 3.